The summed E-state index contributed by atoms with van der Waals surface area (Å²) in [5.74, 6) is -0.167. The van der Waals surface area contributed by atoms with Gasteiger partial charge < -0.3 is 19.7 Å². The maximum absolute atomic E-state index is 12.4. The first-order valence-corrected chi connectivity index (χ1v) is 6.24. The average Bonchev–Trinajstić information content (AvgIpc) is 2.80. The Morgan fingerprint density at radius 1 is 1.21 bits per heavy atom. The predicted molar refractivity (Wildman–Crippen MR) is 73.0 cm³/mol. The van der Waals surface area contributed by atoms with Crippen LogP contribution < -0.4 is 0 Å². The van der Waals surface area contributed by atoms with Crippen molar-refractivity contribution in [2.24, 2.45) is 7.05 Å². The topological polar surface area (TPSA) is 65.7 Å². The Balaban J connectivity index is 2.39. The first kappa shape index (κ1) is 13.6. The highest BCUT2D eigenvalue weighted by molar-refractivity contribution is 6.06. The molecule has 0 bridgehead atoms. The molecule has 0 saturated carbocycles. The number of amides is 1. The van der Waals surface area contributed by atoms with Crippen molar-refractivity contribution in [3.63, 3.8) is 0 Å². The van der Waals surface area contributed by atoms with Gasteiger partial charge in [-0.2, -0.15) is 0 Å². The van der Waals surface area contributed by atoms with Gasteiger partial charge in [0.25, 0.3) is 5.91 Å². The molecule has 5 nitrogen and oxygen atoms in total. The molecule has 1 aromatic heterocycles. The Morgan fingerprint density at radius 3 is 2.53 bits per heavy atom. The number of aromatic nitrogens is 1. The fourth-order valence-electron chi connectivity index (χ4n) is 2.22. The van der Waals surface area contributed by atoms with Gasteiger partial charge in [-0.15, -0.1) is 0 Å². The minimum atomic E-state index is -0.167. The number of carbonyl (C=O) groups excluding carboxylic acids is 1. The molecule has 2 rings (SSSR count). The Kier molecular flexibility index (Phi) is 4.19. The van der Waals surface area contributed by atoms with E-state index in [4.69, 9.17) is 10.2 Å². The third-order valence-corrected chi connectivity index (χ3v) is 3.19. The van der Waals surface area contributed by atoms with Gasteiger partial charge in [0.2, 0.25) is 0 Å². The number of carbonyl (C=O) groups is 1. The summed E-state index contributed by atoms with van der Waals surface area (Å²) in [5, 5.41) is 18.9. The van der Waals surface area contributed by atoms with E-state index in [-0.39, 0.29) is 32.2 Å². The first-order valence-electron chi connectivity index (χ1n) is 6.24. The lowest BCUT2D eigenvalue weighted by Gasteiger charge is -2.21. The van der Waals surface area contributed by atoms with Crippen LogP contribution in [0, 0.1) is 0 Å². The van der Waals surface area contributed by atoms with Crippen molar-refractivity contribution in [3.05, 3.63) is 36.0 Å². The van der Waals surface area contributed by atoms with Gasteiger partial charge >= 0.3 is 0 Å². The second kappa shape index (κ2) is 5.86. The molecule has 1 heterocycles. The highest BCUT2D eigenvalue weighted by atomic mass is 16.3. The van der Waals surface area contributed by atoms with Crippen LogP contribution in [-0.4, -0.2) is 51.9 Å². The second-order valence-corrected chi connectivity index (χ2v) is 4.40. The maximum atomic E-state index is 12.4. The summed E-state index contributed by atoms with van der Waals surface area (Å²) in [4.78, 5) is 13.9. The molecule has 1 amide bonds. The molecule has 0 fully saturated rings. The van der Waals surface area contributed by atoms with E-state index in [1.165, 1.54) is 4.90 Å². The zero-order valence-corrected chi connectivity index (χ0v) is 10.9. The van der Waals surface area contributed by atoms with E-state index in [0.29, 0.717) is 5.56 Å². The van der Waals surface area contributed by atoms with Crippen molar-refractivity contribution in [3.8, 4) is 0 Å². The number of hydrogen-bond donors (Lipinski definition) is 2. The van der Waals surface area contributed by atoms with Crippen molar-refractivity contribution in [2.45, 2.75) is 0 Å². The van der Waals surface area contributed by atoms with Crippen LogP contribution in [0.15, 0.2) is 30.5 Å². The number of benzene rings is 1. The Morgan fingerprint density at radius 2 is 1.89 bits per heavy atom. The van der Waals surface area contributed by atoms with Crippen molar-refractivity contribution in [2.75, 3.05) is 26.3 Å². The molecule has 2 aromatic rings. The van der Waals surface area contributed by atoms with Crippen LogP contribution in [-0.2, 0) is 7.05 Å². The number of rotatable bonds is 5. The molecule has 0 radical (unpaired) electrons. The molecule has 2 N–H and O–H groups in total. The van der Waals surface area contributed by atoms with Crippen LogP contribution in [0.2, 0.25) is 0 Å². The quantitative estimate of drug-likeness (QED) is 0.829. The maximum Gasteiger partial charge on any atom is 0.254 e. The summed E-state index contributed by atoms with van der Waals surface area (Å²) in [6.45, 7) is 0.220. The zero-order chi connectivity index (χ0) is 13.8. The number of hydrogen-bond acceptors (Lipinski definition) is 3. The van der Waals surface area contributed by atoms with Gasteiger partial charge in [-0.1, -0.05) is 6.07 Å². The van der Waals surface area contributed by atoms with Crippen molar-refractivity contribution < 1.29 is 15.0 Å². The zero-order valence-electron chi connectivity index (χ0n) is 10.9. The van der Waals surface area contributed by atoms with E-state index < -0.39 is 0 Å². The third-order valence-electron chi connectivity index (χ3n) is 3.19. The summed E-state index contributed by atoms with van der Waals surface area (Å²) < 4.78 is 1.95. The largest absolute Gasteiger partial charge is 0.395 e. The SMILES string of the molecule is Cn1ccc2c(C(=O)N(CCO)CCO)cccc21. The normalized spacial score (nSPS) is 10.9. The molecule has 102 valence electrons. The minimum absolute atomic E-state index is 0.115. The average molecular weight is 262 g/mol. The van der Waals surface area contributed by atoms with Gasteiger partial charge in [-0.05, 0) is 18.2 Å². The van der Waals surface area contributed by atoms with Crippen LogP contribution in [0.25, 0.3) is 10.9 Å². The summed E-state index contributed by atoms with van der Waals surface area (Å²) in [6, 6.07) is 7.46. The van der Waals surface area contributed by atoms with E-state index in [1.807, 2.05) is 36.0 Å². The molecule has 0 aliphatic heterocycles. The third kappa shape index (κ3) is 2.62. The number of aliphatic hydroxyl groups excluding tert-OH is 2. The number of aliphatic hydroxyl groups is 2. The van der Waals surface area contributed by atoms with Crippen LogP contribution in [0.3, 0.4) is 0 Å². The van der Waals surface area contributed by atoms with Gasteiger partial charge in [-0.25, -0.2) is 0 Å². The van der Waals surface area contributed by atoms with E-state index in [1.54, 1.807) is 6.07 Å². The highest BCUT2D eigenvalue weighted by Crippen LogP contribution is 2.20. The number of fused-ring (bicyclic) bond motifs is 1. The molecule has 19 heavy (non-hydrogen) atoms. The molecule has 0 saturated heterocycles. The van der Waals surface area contributed by atoms with Crippen LogP contribution in [0.4, 0.5) is 0 Å². The van der Waals surface area contributed by atoms with E-state index >= 15 is 0 Å². The fraction of sp³-hybridized carbons (Fsp3) is 0.357. The lowest BCUT2D eigenvalue weighted by atomic mass is 10.1. The van der Waals surface area contributed by atoms with Gasteiger partial charge in [0.1, 0.15) is 0 Å². The Bertz CT molecular complexity index is 571. The van der Waals surface area contributed by atoms with Gasteiger partial charge in [0.05, 0.1) is 13.2 Å². The summed E-state index contributed by atoms with van der Waals surface area (Å²) >= 11 is 0. The van der Waals surface area contributed by atoms with Gasteiger partial charge in [-0.3, -0.25) is 4.79 Å². The Labute approximate surface area is 111 Å². The van der Waals surface area contributed by atoms with Crippen molar-refractivity contribution in [1.29, 1.82) is 0 Å². The molecular formula is C14H18N2O3. The van der Waals surface area contributed by atoms with Crippen LogP contribution >= 0.6 is 0 Å². The molecule has 0 aliphatic carbocycles. The van der Waals surface area contributed by atoms with E-state index in [2.05, 4.69) is 0 Å². The van der Waals surface area contributed by atoms with Crippen molar-refractivity contribution in [1.82, 2.24) is 9.47 Å². The summed E-state index contributed by atoms with van der Waals surface area (Å²) in [5.41, 5.74) is 1.58. The highest BCUT2D eigenvalue weighted by Gasteiger charge is 2.17. The number of nitrogens with zero attached hydrogens (tertiary/aromatic N) is 2. The second-order valence-electron chi connectivity index (χ2n) is 4.40. The molecule has 0 atom stereocenters. The smallest absolute Gasteiger partial charge is 0.254 e. The summed E-state index contributed by atoms with van der Waals surface area (Å²) in [6.07, 6.45) is 1.91. The van der Waals surface area contributed by atoms with Gasteiger partial charge in [0, 0.05) is 42.8 Å². The lowest BCUT2D eigenvalue weighted by molar-refractivity contribution is 0.0687. The van der Waals surface area contributed by atoms with Crippen LogP contribution in [0.5, 0.6) is 0 Å². The lowest BCUT2D eigenvalue weighted by Crippen LogP contribution is -2.35. The van der Waals surface area contributed by atoms with Gasteiger partial charge in [0.15, 0.2) is 0 Å². The Hall–Kier alpha value is -1.85. The molecular weight excluding hydrogens is 244 g/mol. The van der Waals surface area contributed by atoms with E-state index in [9.17, 15) is 4.79 Å². The fourth-order valence-corrected chi connectivity index (χ4v) is 2.22. The van der Waals surface area contributed by atoms with Crippen molar-refractivity contribution >= 4 is 16.8 Å². The number of aryl methyl sites for hydroxylation is 1. The molecule has 0 aliphatic rings. The standard InChI is InChI=1S/C14H18N2O3/c1-15-6-5-11-12(3-2-4-13(11)15)14(19)16(7-9-17)8-10-18/h2-6,17-18H,7-10H2,1H3. The molecule has 5 heteroatoms. The predicted octanol–water partition coefficient (Wildman–Crippen LogP) is 0.605. The molecule has 1 aromatic carbocycles. The summed E-state index contributed by atoms with van der Waals surface area (Å²) in [7, 11) is 1.93. The monoisotopic (exact) mass is 262 g/mol. The molecule has 0 unspecified atom stereocenters. The van der Waals surface area contributed by atoms with E-state index in [0.717, 1.165) is 10.9 Å². The van der Waals surface area contributed by atoms with Crippen LogP contribution in [0.1, 0.15) is 10.4 Å². The first-order chi connectivity index (χ1) is 9.19. The minimum Gasteiger partial charge on any atom is -0.395 e. The molecule has 0 spiro atoms.